The van der Waals surface area contributed by atoms with Gasteiger partial charge in [0.2, 0.25) is 5.78 Å². The third kappa shape index (κ3) is 4.48. The average Bonchev–Trinajstić information content (AvgIpc) is 2.26. The van der Waals surface area contributed by atoms with Crippen LogP contribution in [0, 0.1) is 0 Å². The minimum atomic E-state index is -1.00. The Morgan fingerprint density at radius 2 is 2.00 bits per heavy atom. The Hall–Kier alpha value is -0.870. The molecule has 0 saturated heterocycles. The van der Waals surface area contributed by atoms with Crippen molar-refractivity contribution in [3.8, 4) is 0 Å². The summed E-state index contributed by atoms with van der Waals surface area (Å²) in [6, 6.07) is 5.08. The molecule has 1 rings (SSSR count). The number of rotatable bonds is 3. The molecule has 1 aromatic rings. The van der Waals surface area contributed by atoms with Gasteiger partial charge in [0.1, 0.15) is 5.38 Å². The molecule has 1 heterocycles. The van der Waals surface area contributed by atoms with E-state index in [1.54, 1.807) is 24.4 Å². The van der Waals surface area contributed by atoms with Gasteiger partial charge in [-0.1, -0.05) is 38.6 Å². The number of pyridine rings is 1. The molecule has 0 aromatic carbocycles. The van der Waals surface area contributed by atoms with Gasteiger partial charge in [0.25, 0.3) is 5.12 Å². The maximum atomic E-state index is 11.8. The molecule has 1 unspecified atom stereocenters. The van der Waals surface area contributed by atoms with E-state index in [2.05, 4.69) is 4.98 Å². The molecular weight excluding hydrogens is 258 g/mol. The Kier molecular flexibility index (Phi) is 4.71. The van der Waals surface area contributed by atoms with E-state index in [0.29, 0.717) is 5.69 Å². The molecule has 0 saturated carbocycles. The Bertz CT molecular complexity index is 414. The van der Waals surface area contributed by atoms with E-state index in [-0.39, 0.29) is 4.75 Å². The molecule has 0 bridgehead atoms. The van der Waals surface area contributed by atoms with Gasteiger partial charge in [0, 0.05) is 10.9 Å². The number of halogens is 1. The van der Waals surface area contributed by atoms with Crippen LogP contribution in [0.4, 0.5) is 0 Å². The molecule has 0 aliphatic rings. The summed E-state index contributed by atoms with van der Waals surface area (Å²) in [5.41, 5.74) is 0.405. The topological polar surface area (TPSA) is 47.0 Å². The average molecular weight is 272 g/mol. The van der Waals surface area contributed by atoms with Crippen LogP contribution < -0.4 is 0 Å². The molecule has 0 aliphatic heterocycles. The first-order chi connectivity index (χ1) is 7.81. The number of carbonyl (C=O) groups excluding carboxylic acids is 2. The highest BCUT2D eigenvalue weighted by Gasteiger charge is 2.29. The summed E-state index contributed by atoms with van der Waals surface area (Å²) >= 11 is 6.92. The van der Waals surface area contributed by atoms with Gasteiger partial charge in [-0.05, 0) is 12.1 Å². The molecule has 0 radical (unpaired) electrons. The van der Waals surface area contributed by atoms with Crippen LogP contribution in [-0.4, -0.2) is 20.6 Å². The number of hydrogen-bond acceptors (Lipinski definition) is 4. The zero-order chi connectivity index (χ0) is 13.1. The zero-order valence-electron chi connectivity index (χ0n) is 9.94. The predicted molar refractivity (Wildman–Crippen MR) is 70.2 cm³/mol. The smallest absolute Gasteiger partial charge is 0.257 e. The van der Waals surface area contributed by atoms with Crippen LogP contribution in [0.1, 0.15) is 31.8 Å². The van der Waals surface area contributed by atoms with Crippen LogP contribution >= 0.6 is 23.4 Å². The molecule has 0 aliphatic carbocycles. The van der Waals surface area contributed by atoms with Crippen LogP contribution in [0.15, 0.2) is 24.4 Å². The fourth-order valence-corrected chi connectivity index (χ4v) is 2.16. The third-order valence-electron chi connectivity index (χ3n) is 1.78. The van der Waals surface area contributed by atoms with Gasteiger partial charge >= 0.3 is 0 Å². The van der Waals surface area contributed by atoms with Gasteiger partial charge in [-0.3, -0.25) is 14.6 Å². The van der Waals surface area contributed by atoms with Crippen molar-refractivity contribution in [1.82, 2.24) is 4.98 Å². The van der Waals surface area contributed by atoms with Crippen molar-refractivity contribution in [3.63, 3.8) is 0 Å². The first kappa shape index (κ1) is 14.2. The van der Waals surface area contributed by atoms with Crippen molar-refractivity contribution in [2.75, 3.05) is 0 Å². The maximum Gasteiger partial charge on any atom is 0.257 e. The second-order valence-electron chi connectivity index (χ2n) is 4.48. The molecule has 0 amide bonds. The summed E-state index contributed by atoms with van der Waals surface area (Å²) < 4.78 is -0.298. The number of carbonyl (C=O) groups is 2. The van der Waals surface area contributed by atoms with E-state index in [1.165, 1.54) is 0 Å². The molecule has 3 nitrogen and oxygen atoms in total. The van der Waals surface area contributed by atoms with Crippen molar-refractivity contribution in [1.29, 1.82) is 0 Å². The molecule has 0 N–H and O–H groups in total. The van der Waals surface area contributed by atoms with Crippen molar-refractivity contribution < 1.29 is 9.59 Å². The minimum absolute atomic E-state index is 0.298. The fraction of sp³-hybridized carbons (Fsp3) is 0.417. The third-order valence-corrected chi connectivity index (χ3v) is 3.20. The number of ketones is 1. The monoisotopic (exact) mass is 271 g/mol. The van der Waals surface area contributed by atoms with Crippen LogP contribution in [0.25, 0.3) is 0 Å². The molecule has 92 valence electrons. The van der Waals surface area contributed by atoms with Crippen LogP contribution in [0.5, 0.6) is 0 Å². The lowest BCUT2D eigenvalue weighted by molar-refractivity contribution is -0.131. The first-order valence-corrected chi connectivity index (χ1v) is 6.39. The second-order valence-corrected chi connectivity index (χ2v) is 6.72. The summed E-state index contributed by atoms with van der Waals surface area (Å²) in [5.74, 6) is -0.620. The quantitative estimate of drug-likeness (QED) is 0.626. The molecular formula is C12H14ClNO2S. The molecule has 17 heavy (non-hydrogen) atoms. The van der Waals surface area contributed by atoms with Crippen molar-refractivity contribution in [3.05, 3.63) is 30.1 Å². The highest BCUT2D eigenvalue weighted by molar-refractivity contribution is 8.16. The van der Waals surface area contributed by atoms with Gasteiger partial charge in [0.15, 0.2) is 0 Å². The lowest BCUT2D eigenvalue weighted by Crippen LogP contribution is -2.22. The SMILES string of the molecule is CC(C)(C)SC(=O)C(=O)C(Cl)c1ccccn1. The van der Waals surface area contributed by atoms with Crippen LogP contribution in [0.3, 0.4) is 0 Å². The summed E-state index contributed by atoms with van der Waals surface area (Å²) in [6.07, 6.45) is 1.54. The number of alkyl halides is 1. The lowest BCUT2D eigenvalue weighted by Gasteiger charge is -2.16. The van der Waals surface area contributed by atoms with Crippen LogP contribution in [-0.2, 0) is 9.59 Å². The highest BCUT2D eigenvalue weighted by Crippen LogP contribution is 2.28. The molecule has 1 atom stereocenters. The maximum absolute atomic E-state index is 11.8. The Balaban J connectivity index is 2.74. The summed E-state index contributed by atoms with van der Waals surface area (Å²) in [4.78, 5) is 27.4. The molecule has 0 fully saturated rings. The fourth-order valence-electron chi connectivity index (χ4n) is 1.09. The number of thioether (sulfide) groups is 1. The molecule has 5 heteroatoms. The van der Waals surface area contributed by atoms with E-state index in [4.69, 9.17) is 11.6 Å². The highest BCUT2D eigenvalue weighted by atomic mass is 35.5. The summed E-state index contributed by atoms with van der Waals surface area (Å²) in [7, 11) is 0. The normalized spacial score (nSPS) is 13.2. The first-order valence-electron chi connectivity index (χ1n) is 5.13. The standard InChI is InChI=1S/C12H14ClNO2S/c1-12(2,3)17-11(16)10(15)9(13)8-6-4-5-7-14-8/h4-7,9H,1-3H3. The van der Waals surface area contributed by atoms with Crippen molar-refractivity contribution in [2.24, 2.45) is 0 Å². The van der Waals surface area contributed by atoms with Gasteiger partial charge in [-0.2, -0.15) is 0 Å². The van der Waals surface area contributed by atoms with Gasteiger partial charge < -0.3 is 0 Å². The number of nitrogens with zero attached hydrogens (tertiary/aromatic N) is 1. The van der Waals surface area contributed by atoms with Crippen molar-refractivity contribution >= 4 is 34.3 Å². The van der Waals surface area contributed by atoms with E-state index in [0.717, 1.165) is 11.8 Å². The zero-order valence-corrected chi connectivity index (χ0v) is 11.5. The predicted octanol–water partition coefficient (Wildman–Crippen LogP) is 2.99. The van der Waals surface area contributed by atoms with Gasteiger partial charge in [-0.25, -0.2) is 0 Å². The summed E-state index contributed by atoms with van der Waals surface area (Å²) in [6.45, 7) is 5.60. The van der Waals surface area contributed by atoms with E-state index >= 15 is 0 Å². The van der Waals surface area contributed by atoms with E-state index in [1.807, 2.05) is 20.8 Å². The van der Waals surface area contributed by atoms with Gasteiger partial charge in [0.05, 0.1) is 5.69 Å². The van der Waals surface area contributed by atoms with E-state index in [9.17, 15) is 9.59 Å². The molecule has 1 aromatic heterocycles. The summed E-state index contributed by atoms with van der Waals surface area (Å²) in [5, 5.41) is -1.53. The second kappa shape index (κ2) is 5.65. The number of aromatic nitrogens is 1. The largest absolute Gasteiger partial charge is 0.288 e. The lowest BCUT2D eigenvalue weighted by atomic mass is 10.2. The van der Waals surface area contributed by atoms with Crippen LogP contribution in [0.2, 0.25) is 0 Å². The molecule has 0 spiro atoms. The van der Waals surface area contributed by atoms with Gasteiger partial charge in [-0.15, -0.1) is 11.6 Å². The Morgan fingerprint density at radius 1 is 1.35 bits per heavy atom. The van der Waals surface area contributed by atoms with Crippen molar-refractivity contribution in [2.45, 2.75) is 30.9 Å². The minimum Gasteiger partial charge on any atom is -0.288 e. The number of hydrogen-bond donors (Lipinski definition) is 0. The van der Waals surface area contributed by atoms with E-state index < -0.39 is 16.3 Å². The Morgan fingerprint density at radius 3 is 2.47 bits per heavy atom. The Labute approximate surface area is 110 Å². The number of Topliss-reactive ketones (excluding diaryl/α,β-unsaturated/α-hetero) is 1.